The molecule has 0 saturated carbocycles. The highest BCUT2D eigenvalue weighted by molar-refractivity contribution is 9.10. The van der Waals surface area contributed by atoms with Gasteiger partial charge in [-0.05, 0) is 36.3 Å². The van der Waals surface area contributed by atoms with Crippen LogP contribution in [0.25, 0.3) is 23.0 Å². The second-order valence-electron chi connectivity index (χ2n) is 7.41. The highest BCUT2D eigenvalue weighted by atomic mass is 79.9. The van der Waals surface area contributed by atoms with Gasteiger partial charge >= 0.3 is 0 Å². The Hall–Kier alpha value is -2.22. The summed E-state index contributed by atoms with van der Waals surface area (Å²) in [6.07, 6.45) is 3.87. The molecule has 2 heterocycles. The lowest BCUT2D eigenvalue weighted by Crippen LogP contribution is -2.31. The van der Waals surface area contributed by atoms with Crippen LogP contribution in [0.2, 0.25) is 0 Å². The van der Waals surface area contributed by atoms with E-state index < -0.39 is 0 Å². The second-order valence-corrected chi connectivity index (χ2v) is 10.00. The third-order valence-electron chi connectivity index (χ3n) is 4.59. The molecule has 4 rings (SSSR count). The summed E-state index contributed by atoms with van der Waals surface area (Å²) in [7, 11) is 0. The van der Waals surface area contributed by atoms with Crippen LogP contribution < -0.4 is 0 Å². The Bertz CT molecular complexity index is 1120. The predicted octanol–water partition coefficient (Wildman–Crippen LogP) is 6.16. The zero-order valence-corrected chi connectivity index (χ0v) is 19.8. The van der Waals surface area contributed by atoms with E-state index in [9.17, 15) is 4.79 Å². The summed E-state index contributed by atoms with van der Waals surface area (Å²) < 4.78 is 3.46. The fraction of sp³-hybridized carbons (Fsp3) is 0.174. The third kappa shape index (κ3) is 4.43. The van der Waals surface area contributed by atoms with Gasteiger partial charge in [-0.25, -0.2) is 4.68 Å². The molecule has 1 aromatic heterocycles. The Morgan fingerprint density at radius 3 is 2.50 bits per heavy atom. The number of carbonyl (C=O) groups is 1. The van der Waals surface area contributed by atoms with Crippen molar-refractivity contribution in [1.82, 2.24) is 14.7 Å². The fourth-order valence-corrected chi connectivity index (χ4v) is 4.73. The number of para-hydroxylation sites is 1. The van der Waals surface area contributed by atoms with Gasteiger partial charge in [-0.15, -0.1) is 0 Å². The number of aromatic nitrogens is 2. The molecule has 30 heavy (non-hydrogen) atoms. The van der Waals surface area contributed by atoms with Crippen molar-refractivity contribution in [3.8, 4) is 16.9 Å². The number of hydrogen-bond acceptors (Lipinski definition) is 4. The first-order valence-electron chi connectivity index (χ1n) is 9.59. The number of benzene rings is 2. The van der Waals surface area contributed by atoms with Crippen LogP contribution in [0.4, 0.5) is 0 Å². The molecule has 152 valence electrons. The van der Waals surface area contributed by atoms with Crippen molar-refractivity contribution in [2.75, 3.05) is 6.54 Å². The Balaban J connectivity index is 1.78. The first-order chi connectivity index (χ1) is 14.4. The molecule has 1 saturated heterocycles. The molecular formula is C23H20BrN3OS2. The van der Waals surface area contributed by atoms with Crippen LogP contribution in [0.1, 0.15) is 19.4 Å². The van der Waals surface area contributed by atoms with E-state index in [0.717, 1.165) is 27.0 Å². The zero-order valence-electron chi connectivity index (χ0n) is 16.6. The maximum absolute atomic E-state index is 12.9. The molecule has 0 radical (unpaired) electrons. The Labute approximate surface area is 194 Å². The standard InChI is InChI=1S/C23H20BrN3OS2/c1-15(2)13-26-22(28)20(30-23(26)29)12-17-14-27(19-6-4-3-5-7-19)25-21(17)16-8-10-18(24)11-9-16/h3-12,14-15H,13H2,1-2H3/b20-12-. The minimum atomic E-state index is -0.0343. The number of rotatable bonds is 5. The minimum absolute atomic E-state index is 0.0343. The van der Waals surface area contributed by atoms with Crippen molar-refractivity contribution in [3.05, 3.63) is 75.7 Å². The summed E-state index contributed by atoms with van der Waals surface area (Å²) in [4.78, 5) is 15.3. The van der Waals surface area contributed by atoms with Crippen LogP contribution in [-0.2, 0) is 4.79 Å². The van der Waals surface area contributed by atoms with E-state index in [0.29, 0.717) is 21.7 Å². The van der Waals surface area contributed by atoms with E-state index in [1.807, 2.05) is 71.6 Å². The minimum Gasteiger partial charge on any atom is -0.293 e. The van der Waals surface area contributed by atoms with Crippen molar-refractivity contribution in [2.45, 2.75) is 13.8 Å². The van der Waals surface area contributed by atoms with Gasteiger partial charge in [0, 0.05) is 28.3 Å². The Morgan fingerprint density at radius 1 is 1.13 bits per heavy atom. The fourth-order valence-electron chi connectivity index (χ4n) is 3.20. The van der Waals surface area contributed by atoms with Gasteiger partial charge in [-0.2, -0.15) is 5.10 Å². The molecule has 2 aromatic carbocycles. The van der Waals surface area contributed by atoms with E-state index in [4.69, 9.17) is 17.3 Å². The maximum Gasteiger partial charge on any atom is 0.266 e. The van der Waals surface area contributed by atoms with Crippen LogP contribution in [0.5, 0.6) is 0 Å². The summed E-state index contributed by atoms with van der Waals surface area (Å²) in [5.41, 5.74) is 3.64. The summed E-state index contributed by atoms with van der Waals surface area (Å²) in [5.74, 6) is 0.318. The van der Waals surface area contributed by atoms with E-state index in [1.54, 1.807) is 4.90 Å². The molecule has 1 aliphatic heterocycles. The molecule has 0 aliphatic carbocycles. The van der Waals surface area contributed by atoms with Gasteiger partial charge < -0.3 is 0 Å². The number of hydrogen-bond donors (Lipinski definition) is 0. The molecule has 0 spiro atoms. The summed E-state index contributed by atoms with van der Waals surface area (Å²) in [5, 5.41) is 4.82. The van der Waals surface area contributed by atoms with Crippen molar-refractivity contribution >= 4 is 56.2 Å². The molecule has 0 N–H and O–H groups in total. The topological polar surface area (TPSA) is 38.1 Å². The zero-order chi connectivity index (χ0) is 21.3. The monoisotopic (exact) mass is 497 g/mol. The highest BCUT2D eigenvalue weighted by Crippen LogP contribution is 2.35. The van der Waals surface area contributed by atoms with Gasteiger partial charge in [0.05, 0.1) is 16.3 Å². The number of thioether (sulfide) groups is 1. The smallest absolute Gasteiger partial charge is 0.266 e. The molecular weight excluding hydrogens is 478 g/mol. The SMILES string of the molecule is CC(C)CN1C(=O)/C(=C/c2cn(-c3ccccc3)nc2-c2ccc(Br)cc2)SC1=S. The first kappa shape index (κ1) is 21.0. The van der Waals surface area contributed by atoms with Crippen LogP contribution >= 0.6 is 39.9 Å². The second kappa shape index (κ2) is 8.88. The molecule has 1 amide bonds. The third-order valence-corrected chi connectivity index (χ3v) is 6.50. The van der Waals surface area contributed by atoms with E-state index in [2.05, 4.69) is 29.8 Å². The van der Waals surface area contributed by atoms with Gasteiger partial charge in [0.25, 0.3) is 5.91 Å². The summed E-state index contributed by atoms with van der Waals surface area (Å²) >= 11 is 10.3. The Kier molecular flexibility index (Phi) is 6.22. The van der Waals surface area contributed by atoms with Crippen LogP contribution in [-0.4, -0.2) is 31.5 Å². The van der Waals surface area contributed by atoms with Crippen molar-refractivity contribution in [1.29, 1.82) is 0 Å². The van der Waals surface area contributed by atoms with Gasteiger partial charge in [-0.3, -0.25) is 9.69 Å². The van der Waals surface area contributed by atoms with E-state index in [1.165, 1.54) is 11.8 Å². The van der Waals surface area contributed by atoms with Crippen molar-refractivity contribution in [3.63, 3.8) is 0 Å². The highest BCUT2D eigenvalue weighted by Gasteiger charge is 2.32. The normalized spacial score (nSPS) is 15.6. The predicted molar refractivity (Wildman–Crippen MR) is 131 cm³/mol. The van der Waals surface area contributed by atoms with Crippen LogP contribution in [0.15, 0.2) is 70.2 Å². The largest absolute Gasteiger partial charge is 0.293 e. The quantitative estimate of drug-likeness (QED) is 0.312. The van der Waals surface area contributed by atoms with Gasteiger partial charge in [0.1, 0.15) is 4.32 Å². The maximum atomic E-state index is 12.9. The molecule has 4 nitrogen and oxygen atoms in total. The molecule has 0 unspecified atom stereocenters. The van der Waals surface area contributed by atoms with Crippen molar-refractivity contribution in [2.24, 2.45) is 5.92 Å². The van der Waals surface area contributed by atoms with Gasteiger partial charge in [-0.1, -0.05) is 84.1 Å². The van der Waals surface area contributed by atoms with E-state index >= 15 is 0 Å². The van der Waals surface area contributed by atoms with Gasteiger partial charge in [0.15, 0.2) is 0 Å². The molecule has 1 aliphatic rings. The summed E-state index contributed by atoms with van der Waals surface area (Å²) in [6, 6.07) is 18.0. The van der Waals surface area contributed by atoms with E-state index in [-0.39, 0.29) is 5.91 Å². The first-order valence-corrected chi connectivity index (χ1v) is 11.6. The molecule has 1 fully saturated rings. The number of amides is 1. The lowest BCUT2D eigenvalue weighted by atomic mass is 10.1. The average molecular weight is 498 g/mol. The molecule has 0 atom stereocenters. The van der Waals surface area contributed by atoms with Crippen LogP contribution in [0, 0.1) is 5.92 Å². The number of carbonyl (C=O) groups excluding carboxylic acids is 1. The number of halogens is 1. The van der Waals surface area contributed by atoms with Crippen molar-refractivity contribution < 1.29 is 4.79 Å². The average Bonchev–Trinajstić information content (AvgIpc) is 3.26. The van der Waals surface area contributed by atoms with Gasteiger partial charge in [0.2, 0.25) is 0 Å². The number of thiocarbonyl (C=S) groups is 1. The lowest BCUT2D eigenvalue weighted by Gasteiger charge is -2.16. The molecule has 3 aromatic rings. The Morgan fingerprint density at radius 2 is 1.83 bits per heavy atom. The lowest BCUT2D eigenvalue weighted by molar-refractivity contribution is -0.122. The molecule has 7 heteroatoms. The van der Waals surface area contributed by atoms with Crippen LogP contribution in [0.3, 0.4) is 0 Å². The summed E-state index contributed by atoms with van der Waals surface area (Å²) in [6.45, 7) is 4.79. The molecule has 0 bridgehead atoms. The number of nitrogens with zero attached hydrogens (tertiary/aromatic N) is 3.